The van der Waals surface area contributed by atoms with E-state index in [1.165, 1.54) is 6.07 Å². The zero-order valence-corrected chi connectivity index (χ0v) is 8.18. The first-order chi connectivity index (χ1) is 6.19. The number of rotatable bonds is 3. The van der Waals surface area contributed by atoms with Crippen molar-refractivity contribution in [1.29, 1.82) is 0 Å². The molecule has 0 saturated carbocycles. The van der Waals surface area contributed by atoms with Crippen LogP contribution >= 0.6 is 0 Å². The molecule has 1 aromatic rings. The quantitative estimate of drug-likeness (QED) is 0.761. The lowest BCUT2D eigenvalue weighted by Gasteiger charge is -2.10. The minimum Gasteiger partial charge on any atom is -0.330 e. The average molecular weight is 181 g/mol. The second kappa shape index (κ2) is 4.38. The van der Waals surface area contributed by atoms with E-state index in [2.05, 4.69) is 0 Å². The Morgan fingerprint density at radius 3 is 2.69 bits per heavy atom. The minimum absolute atomic E-state index is 0.115. The summed E-state index contributed by atoms with van der Waals surface area (Å²) in [7, 11) is 0. The Morgan fingerprint density at radius 2 is 2.15 bits per heavy atom. The fraction of sp³-hybridized carbons (Fsp3) is 0.455. The van der Waals surface area contributed by atoms with Crippen LogP contribution in [0.5, 0.6) is 0 Å². The van der Waals surface area contributed by atoms with Crippen LogP contribution in [-0.4, -0.2) is 6.54 Å². The van der Waals surface area contributed by atoms with Crippen molar-refractivity contribution in [3.63, 3.8) is 0 Å². The van der Waals surface area contributed by atoms with Crippen LogP contribution in [0.4, 0.5) is 4.39 Å². The van der Waals surface area contributed by atoms with Crippen LogP contribution in [-0.2, 0) is 6.42 Å². The molecule has 72 valence electrons. The van der Waals surface area contributed by atoms with Crippen molar-refractivity contribution in [2.45, 2.75) is 26.2 Å². The van der Waals surface area contributed by atoms with Gasteiger partial charge in [0.2, 0.25) is 0 Å². The molecule has 0 bridgehead atoms. The van der Waals surface area contributed by atoms with Crippen LogP contribution in [0.2, 0.25) is 0 Å². The predicted molar refractivity (Wildman–Crippen MR) is 53.2 cm³/mol. The third-order valence-corrected chi connectivity index (χ3v) is 2.37. The monoisotopic (exact) mass is 181 g/mol. The molecular weight excluding hydrogens is 165 g/mol. The molecule has 1 unspecified atom stereocenters. The van der Waals surface area contributed by atoms with E-state index in [0.29, 0.717) is 12.5 Å². The molecule has 0 aliphatic rings. The van der Waals surface area contributed by atoms with Crippen LogP contribution in [0.3, 0.4) is 0 Å². The third kappa shape index (κ3) is 2.28. The van der Waals surface area contributed by atoms with Crippen molar-refractivity contribution >= 4 is 0 Å². The van der Waals surface area contributed by atoms with Gasteiger partial charge in [0.15, 0.2) is 0 Å². The van der Waals surface area contributed by atoms with Crippen LogP contribution < -0.4 is 5.73 Å². The smallest absolute Gasteiger partial charge is 0.126 e. The highest BCUT2D eigenvalue weighted by molar-refractivity contribution is 5.27. The van der Waals surface area contributed by atoms with Gasteiger partial charge in [-0.1, -0.05) is 26.0 Å². The van der Waals surface area contributed by atoms with Crippen molar-refractivity contribution in [3.8, 4) is 0 Å². The molecule has 0 spiro atoms. The SMILES string of the molecule is CCc1cc(C(C)CN)ccc1F. The van der Waals surface area contributed by atoms with Gasteiger partial charge in [-0.3, -0.25) is 0 Å². The van der Waals surface area contributed by atoms with E-state index in [1.807, 2.05) is 26.0 Å². The molecule has 0 heterocycles. The highest BCUT2D eigenvalue weighted by Crippen LogP contribution is 2.18. The molecule has 0 fully saturated rings. The first kappa shape index (κ1) is 10.2. The predicted octanol–water partition coefficient (Wildman–Crippen LogP) is 2.45. The molecule has 13 heavy (non-hydrogen) atoms. The summed E-state index contributed by atoms with van der Waals surface area (Å²) in [6.07, 6.45) is 0.733. The first-order valence-electron chi connectivity index (χ1n) is 4.67. The minimum atomic E-state index is -0.115. The number of hydrogen-bond acceptors (Lipinski definition) is 1. The number of nitrogens with two attached hydrogens (primary N) is 1. The maximum atomic E-state index is 13.1. The largest absolute Gasteiger partial charge is 0.330 e. The number of hydrogen-bond donors (Lipinski definition) is 1. The lowest BCUT2D eigenvalue weighted by Crippen LogP contribution is -2.09. The van der Waals surface area contributed by atoms with Crippen LogP contribution in [0.1, 0.15) is 30.9 Å². The molecular formula is C11H16FN. The van der Waals surface area contributed by atoms with E-state index in [4.69, 9.17) is 5.73 Å². The second-order valence-electron chi connectivity index (χ2n) is 3.34. The molecule has 1 nitrogen and oxygen atoms in total. The number of halogens is 1. The van der Waals surface area contributed by atoms with E-state index >= 15 is 0 Å². The van der Waals surface area contributed by atoms with Gasteiger partial charge < -0.3 is 5.73 Å². The van der Waals surface area contributed by atoms with Gasteiger partial charge in [-0.05, 0) is 36.1 Å². The third-order valence-electron chi connectivity index (χ3n) is 2.37. The summed E-state index contributed by atoms with van der Waals surface area (Å²) in [6.45, 7) is 4.61. The Labute approximate surface area is 78.8 Å². The lowest BCUT2D eigenvalue weighted by molar-refractivity contribution is 0.609. The number of benzene rings is 1. The molecule has 1 aromatic carbocycles. The normalized spacial score (nSPS) is 12.9. The van der Waals surface area contributed by atoms with Crippen LogP contribution in [0.15, 0.2) is 18.2 Å². The summed E-state index contributed by atoms with van der Waals surface area (Å²) >= 11 is 0. The molecule has 0 saturated heterocycles. The summed E-state index contributed by atoms with van der Waals surface area (Å²) in [5, 5.41) is 0. The van der Waals surface area contributed by atoms with E-state index in [0.717, 1.165) is 17.5 Å². The van der Waals surface area contributed by atoms with E-state index < -0.39 is 0 Å². The molecule has 1 rings (SSSR count). The van der Waals surface area contributed by atoms with Crippen LogP contribution in [0.25, 0.3) is 0 Å². The topological polar surface area (TPSA) is 26.0 Å². The second-order valence-corrected chi connectivity index (χ2v) is 3.34. The van der Waals surface area contributed by atoms with Gasteiger partial charge in [0.05, 0.1) is 0 Å². The van der Waals surface area contributed by atoms with E-state index in [-0.39, 0.29) is 5.82 Å². The fourth-order valence-corrected chi connectivity index (χ4v) is 1.31. The average Bonchev–Trinajstić information content (AvgIpc) is 2.17. The standard InChI is InChI=1S/C11H16FN/c1-3-9-6-10(8(2)7-13)4-5-11(9)12/h4-6,8H,3,7,13H2,1-2H3. The van der Waals surface area contributed by atoms with Gasteiger partial charge in [-0.2, -0.15) is 0 Å². The molecule has 2 heteroatoms. The fourth-order valence-electron chi connectivity index (χ4n) is 1.31. The van der Waals surface area contributed by atoms with Gasteiger partial charge in [0.1, 0.15) is 5.82 Å². The van der Waals surface area contributed by atoms with Gasteiger partial charge in [0.25, 0.3) is 0 Å². The summed E-state index contributed by atoms with van der Waals surface area (Å²) < 4.78 is 13.1. The summed E-state index contributed by atoms with van der Waals surface area (Å²) in [6, 6.07) is 5.25. The van der Waals surface area contributed by atoms with Crippen molar-refractivity contribution in [1.82, 2.24) is 0 Å². The molecule has 0 amide bonds. The van der Waals surface area contributed by atoms with E-state index in [9.17, 15) is 4.39 Å². The highest BCUT2D eigenvalue weighted by Gasteiger charge is 2.06. The van der Waals surface area contributed by atoms with Crippen molar-refractivity contribution in [2.75, 3.05) is 6.54 Å². The molecule has 0 aliphatic heterocycles. The summed E-state index contributed by atoms with van der Waals surface area (Å²) in [5.41, 5.74) is 7.44. The van der Waals surface area contributed by atoms with Crippen molar-refractivity contribution < 1.29 is 4.39 Å². The Hall–Kier alpha value is -0.890. The van der Waals surface area contributed by atoms with Crippen molar-refractivity contribution in [3.05, 3.63) is 35.1 Å². The summed E-state index contributed by atoms with van der Waals surface area (Å²) in [4.78, 5) is 0. The lowest BCUT2D eigenvalue weighted by atomic mass is 9.98. The molecule has 0 aliphatic carbocycles. The van der Waals surface area contributed by atoms with Gasteiger partial charge in [-0.25, -0.2) is 4.39 Å². The Kier molecular flexibility index (Phi) is 3.43. The highest BCUT2D eigenvalue weighted by atomic mass is 19.1. The zero-order valence-electron chi connectivity index (χ0n) is 8.18. The van der Waals surface area contributed by atoms with Gasteiger partial charge >= 0.3 is 0 Å². The summed E-state index contributed by atoms with van der Waals surface area (Å²) in [5.74, 6) is 0.196. The van der Waals surface area contributed by atoms with Crippen LogP contribution in [0, 0.1) is 5.82 Å². The maximum absolute atomic E-state index is 13.1. The van der Waals surface area contributed by atoms with Gasteiger partial charge in [0, 0.05) is 0 Å². The molecule has 2 N–H and O–H groups in total. The van der Waals surface area contributed by atoms with Gasteiger partial charge in [-0.15, -0.1) is 0 Å². The molecule has 1 atom stereocenters. The maximum Gasteiger partial charge on any atom is 0.126 e. The molecule has 0 aromatic heterocycles. The number of aryl methyl sites for hydroxylation is 1. The Morgan fingerprint density at radius 1 is 1.46 bits per heavy atom. The van der Waals surface area contributed by atoms with E-state index in [1.54, 1.807) is 0 Å². The molecule has 0 radical (unpaired) electrons. The Balaban J connectivity index is 2.99. The first-order valence-corrected chi connectivity index (χ1v) is 4.67. The van der Waals surface area contributed by atoms with Crippen molar-refractivity contribution in [2.24, 2.45) is 5.73 Å². The zero-order chi connectivity index (χ0) is 9.84. The Bertz CT molecular complexity index is 283.